The first-order valence-electron chi connectivity index (χ1n) is 6.28. The summed E-state index contributed by atoms with van der Waals surface area (Å²) in [5, 5.41) is 1.86. The van der Waals surface area contributed by atoms with Gasteiger partial charge in [0.1, 0.15) is 0 Å². The minimum absolute atomic E-state index is 0.140. The number of nitrogen functional groups attached to an aromatic ring is 1. The van der Waals surface area contributed by atoms with E-state index < -0.39 is 0 Å². The largest absolute Gasteiger partial charge is 0.397 e. The van der Waals surface area contributed by atoms with E-state index in [-0.39, 0.29) is 5.91 Å². The van der Waals surface area contributed by atoms with E-state index in [1.807, 2.05) is 30.1 Å². The maximum atomic E-state index is 12.1. The average Bonchev–Trinajstić information content (AvgIpc) is 2.39. The summed E-state index contributed by atoms with van der Waals surface area (Å²) in [6.07, 6.45) is 0. The molecular formula is C13H20N4O2. The Kier molecular flexibility index (Phi) is 4.24. The van der Waals surface area contributed by atoms with Crippen LogP contribution in [0.1, 0.15) is 10.4 Å². The fraction of sp³-hybridized carbons (Fsp3) is 0.462. The lowest BCUT2D eigenvalue weighted by molar-refractivity contribution is 0.0126. The highest BCUT2D eigenvalue weighted by Gasteiger charge is 2.15. The molecule has 1 aliphatic rings. The molecule has 1 amide bonds. The summed E-state index contributed by atoms with van der Waals surface area (Å²) in [5.74, 6) is -0.140. The van der Waals surface area contributed by atoms with E-state index in [9.17, 15) is 4.79 Å². The number of hydrazine groups is 1. The lowest BCUT2D eigenvalue weighted by Crippen LogP contribution is -2.48. The highest BCUT2D eigenvalue weighted by Crippen LogP contribution is 2.22. The Hall–Kier alpha value is -1.79. The Balaban J connectivity index is 2.04. The van der Waals surface area contributed by atoms with Crippen molar-refractivity contribution in [3.05, 3.63) is 23.8 Å². The van der Waals surface area contributed by atoms with Gasteiger partial charge in [-0.05, 0) is 18.2 Å². The Labute approximate surface area is 113 Å². The minimum atomic E-state index is -0.140. The molecular weight excluding hydrogens is 244 g/mol. The number of carbonyl (C=O) groups is 1. The second-order valence-electron chi connectivity index (χ2n) is 4.71. The van der Waals surface area contributed by atoms with E-state index in [2.05, 4.69) is 5.43 Å². The maximum Gasteiger partial charge on any atom is 0.265 e. The van der Waals surface area contributed by atoms with Crippen LogP contribution in [-0.4, -0.2) is 51.3 Å². The van der Waals surface area contributed by atoms with Gasteiger partial charge in [0.15, 0.2) is 0 Å². The van der Waals surface area contributed by atoms with Crippen molar-refractivity contribution in [2.45, 2.75) is 0 Å². The average molecular weight is 264 g/mol. The van der Waals surface area contributed by atoms with Crippen LogP contribution in [0.3, 0.4) is 0 Å². The number of amides is 1. The number of morpholine rings is 1. The molecule has 3 N–H and O–H groups in total. The number of hydrogen-bond acceptors (Lipinski definition) is 5. The summed E-state index contributed by atoms with van der Waals surface area (Å²) in [6.45, 7) is 2.69. The van der Waals surface area contributed by atoms with Crippen molar-refractivity contribution in [2.75, 3.05) is 51.0 Å². The van der Waals surface area contributed by atoms with Crippen LogP contribution < -0.4 is 16.1 Å². The van der Waals surface area contributed by atoms with Crippen LogP contribution in [0.15, 0.2) is 18.2 Å². The predicted molar refractivity (Wildman–Crippen MR) is 75.0 cm³/mol. The number of rotatable bonds is 3. The summed E-state index contributed by atoms with van der Waals surface area (Å²) in [7, 11) is 3.83. The first kappa shape index (κ1) is 13.6. The third-order valence-corrected chi connectivity index (χ3v) is 3.04. The van der Waals surface area contributed by atoms with Gasteiger partial charge in [-0.1, -0.05) is 0 Å². The zero-order valence-electron chi connectivity index (χ0n) is 11.3. The SMILES string of the molecule is CN(C)c1ccc(C(=O)NN2CCOCC2)cc1N. The summed E-state index contributed by atoms with van der Waals surface area (Å²) in [6, 6.07) is 5.33. The Morgan fingerprint density at radius 3 is 2.63 bits per heavy atom. The second kappa shape index (κ2) is 5.90. The van der Waals surface area contributed by atoms with Gasteiger partial charge in [-0.2, -0.15) is 0 Å². The van der Waals surface area contributed by atoms with Crippen molar-refractivity contribution < 1.29 is 9.53 Å². The molecule has 0 atom stereocenters. The Morgan fingerprint density at radius 2 is 2.05 bits per heavy atom. The van der Waals surface area contributed by atoms with Gasteiger partial charge in [0.25, 0.3) is 5.91 Å². The Bertz CT molecular complexity index is 456. The van der Waals surface area contributed by atoms with Gasteiger partial charge >= 0.3 is 0 Å². The molecule has 0 unspecified atom stereocenters. The van der Waals surface area contributed by atoms with E-state index in [1.54, 1.807) is 12.1 Å². The molecule has 1 aromatic carbocycles. The maximum absolute atomic E-state index is 12.1. The Morgan fingerprint density at radius 1 is 1.37 bits per heavy atom. The van der Waals surface area contributed by atoms with Crippen molar-refractivity contribution in [3.8, 4) is 0 Å². The number of anilines is 2. The van der Waals surface area contributed by atoms with Crippen LogP contribution in [0.25, 0.3) is 0 Å². The molecule has 1 aliphatic heterocycles. The number of hydrogen-bond donors (Lipinski definition) is 2. The van der Waals surface area contributed by atoms with Crippen LogP contribution >= 0.6 is 0 Å². The normalized spacial score (nSPS) is 16.1. The zero-order chi connectivity index (χ0) is 13.8. The number of nitrogens with zero attached hydrogens (tertiary/aromatic N) is 2. The minimum Gasteiger partial charge on any atom is -0.397 e. The molecule has 0 aromatic heterocycles. The molecule has 2 rings (SSSR count). The molecule has 104 valence electrons. The smallest absolute Gasteiger partial charge is 0.265 e. The molecule has 0 saturated carbocycles. The van der Waals surface area contributed by atoms with Crippen molar-refractivity contribution in [1.29, 1.82) is 0 Å². The van der Waals surface area contributed by atoms with E-state index in [1.165, 1.54) is 0 Å². The summed E-state index contributed by atoms with van der Waals surface area (Å²) in [5.41, 5.74) is 10.9. The monoisotopic (exact) mass is 264 g/mol. The van der Waals surface area contributed by atoms with Gasteiger partial charge in [-0.15, -0.1) is 0 Å². The van der Waals surface area contributed by atoms with Gasteiger partial charge in [0.2, 0.25) is 0 Å². The van der Waals surface area contributed by atoms with Gasteiger partial charge in [0.05, 0.1) is 24.6 Å². The molecule has 6 heteroatoms. The number of benzene rings is 1. The van der Waals surface area contributed by atoms with Crippen LogP contribution in [0.4, 0.5) is 11.4 Å². The van der Waals surface area contributed by atoms with Crippen LogP contribution in [-0.2, 0) is 4.74 Å². The first-order chi connectivity index (χ1) is 9.08. The van der Waals surface area contributed by atoms with Crippen LogP contribution in [0.5, 0.6) is 0 Å². The van der Waals surface area contributed by atoms with Gasteiger partial charge in [-0.25, -0.2) is 5.01 Å². The number of ether oxygens (including phenoxy) is 1. The molecule has 0 bridgehead atoms. The standard InChI is InChI=1S/C13H20N4O2/c1-16(2)12-4-3-10(9-11(12)14)13(18)15-17-5-7-19-8-6-17/h3-4,9H,5-8,14H2,1-2H3,(H,15,18). The summed E-state index contributed by atoms with van der Waals surface area (Å²) >= 11 is 0. The molecule has 1 fully saturated rings. The van der Waals surface area contributed by atoms with Crippen LogP contribution in [0.2, 0.25) is 0 Å². The highest BCUT2D eigenvalue weighted by molar-refractivity contribution is 5.95. The quantitative estimate of drug-likeness (QED) is 0.769. The van der Waals surface area contributed by atoms with Gasteiger partial charge in [0, 0.05) is 32.7 Å². The number of nitrogens with one attached hydrogen (secondary N) is 1. The topological polar surface area (TPSA) is 70.8 Å². The third-order valence-electron chi connectivity index (χ3n) is 3.04. The van der Waals surface area contributed by atoms with Crippen molar-refractivity contribution in [2.24, 2.45) is 0 Å². The van der Waals surface area contributed by atoms with E-state index in [0.717, 1.165) is 5.69 Å². The van der Waals surface area contributed by atoms with Crippen molar-refractivity contribution in [3.63, 3.8) is 0 Å². The number of nitrogens with two attached hydrogens (primary N) is 1. The lowest BCUT2D eigenvalue weighted by atomic mass is 10.1. The molecule has 19 heavy (non-hydrogen) atoms. The summed E-state index contributed by atoms with van der Waals surface area (Å²) in [4.78, 5) is 14.0. The molecule has 1 aromatic rings. The molecule has 1 saturated heterocycles. The van der Waals surface area contributed by atoms with Crippen LogP contribution in [0, 0.1) is 0 Å². The van der Waals surface area contributed by atoms with Gasteiger partial charge in [-0.3, -0.25) is 10.2 Å². The molecule has 0 radical (unpaired) electrons. The number of carbonyl (C=O) groups excluding carboxylic acids is 1. The van der Waals surface area contributed by atoms with E-state index in [4.69, 9.17) is 10.5 Å². The molecule has 0 aliphatic carbocycles. The zero-order valence-corrected chi connectivity index (χ0v) is 11.3. The van der Waals surface area contributed by atoms with Crippen molar-refractivity contribution >= 4 is 17.3 Å². The highest BCUT2D eigenvalue weighted by atomic mass is 16.5. The van der Waals surface area contributed by atoms with E-state index >= 15 is 0 Å². The molecule has 1 heterocycles. The predicted octanol–water partition coefficient (Wildman–Crippen LogP) is 0.312. The van der Waals surface area contributed by atoms with Gasteiger partial charge < -0.3 is 15.4 Å². The fourth-order valence-corrected chi connectivity index (χ4v) is 1.99. The molecule has 6 nitrogen and oxygen atoms in total. The first-order valence-corrected chi connectivity index (χ1v) is 6.28. The lowest BCUT2D eigenvalue weighted by Gasteiger charge is -2.27. The second-order valence-corrected chi connectivity index (χ2v) is 4.71. The van der Waals surface area contributed by atoms with E-state index in [0.29, 0.717) is 37.6 Å². The third kappa shape index (κ3) is 3.36. The molecule has 0 spiro atoms. The summed E-state index contributed by atoms with van der Waals surface area (Å²) < 4.78 is 5.23. The fourth-order valence-electron chi connectivity index (χ4n) is 1.99. The van der Waals surface area contributed by atoms with Crippen molar-refractivity contribution in [1.82, 2.24) is 10.4 Å².